The molecule has 0 aliphatic carbocycles. The lowest BCUT2D eigenvalue weighted by Gasteiger charge is -2.38. The Morgan fingerprint density at radius 2 is 1.22 bits per heavy atom. The Hall–Kier alpha value is -10.5. The third-order valence-electron chi connectivity index (χ3n) is 18.9. The molecule has 6 aliphatic rings. The molecular weight excluding hydrogens is 1490 g/mol. The van der Waals surface area contributed by atoms with Crippen LogP contribution in [0.25, 0.3) is 11.3 Å². The van der Waals surface area contributed by atoms with Gasteiger partial charge in [-0.05, 0) is 111 Å². The first kappa shape index (κ1) is 75.7. The summed E-state index contributed by atoms with van der Waals surface area (Å²) in [5, 5.41) is 23.5. The van der Waals surface area contributed by atoms with Crippen molar-refractivity contribution in [1.82, 2.24) is 50.5 Å². The zero-order valence-electron chi connectivity index (χ0n) is 58.3. The predicted molar refractivity (Wildman–Crippen MR) is 392 cm³/mol. The fourth-order valence-electron chi connectivity index (χ4n) is 14.0. The van der Waals surface area contributed by atoms with Crippen LogP contribution in [-0.4, -0.2) is 192 Å². The number of hydrogen-bond acceptors (Lipinski definition) is 21. The lowest BCUT2D eigenvalue weighted by atomic mass is 9.94. The minimum absolute atomic E-state index is 0.00853. The number of anilines is 1. The average molecular weight is 1560 g/mol. The summed E-state index contributed by atoms with van der Waals surface area (Å²) >= 11 is 15.7. The van der Waals surface area contributed by atoms with Crippen molar-refractivity contribution < 1.29 is 74.8 Å². The van der Waals surface area contributed by atoms with E-state index in [0.29, 0.717) is 108 Å². The first-order valence-electron chi connectivity index (χ1n) is 33.8. The second-order valence-electron chi connectivity index (χ2n) is 26.6. The lowest BCUT2D eigenvalue weighted by molar-refractivity contribution is -0.137. The maximum absolute atomic E-state index is 15.2. The number of amidine groups is 2. The van der Waals surface area contributed by atoms with Gasteiger partial charge in [-0.15, -0.1) is 22.7 Å². The van der Waals surface area contributed by atoms with E-state index in [1.165, 1.54) is 117 Å². The number of carboxylic acid groups (broad SMARTS) is 1. The van der Waals surface area contributed by atoms with Crippen molar-refractivity contribution in [2.24, 2.45) is 9.98 Å². The largest absolute Gasteiger partial charge is 0.478 e. The Bertz CT molecular complexity index is 5000. The highest BCUT2D eigenvalue weighted by molar-refractivity contribution is 7.12. The van der Waals surface area contributed by atoms with Crippen molar-refractivity contribution in [3.05, 3.63) is 232 Å². The van der Waals surface area contributed by atoms with Crippen molar-refractivity contribution in [2.75, 3.05) is 91.7 Å². The number of thiazole rings is 2. The monoisotopic (exact) mass is 1560 g/mol. The Kier molecular flexibility index (Phi) is 22.5. The molecule has 14 rings (SSSR count). The number of methoxy groups -OCH3 is 3. The van der Waals surface area contributed by atoms with Crippen LogP contribution in [0, 0.1) is 29.1 Å². The zero-order chi connectivity index (χ0) is 76.4. The van der Waals surface area contributed by atoms with E-state index in [4.69, 9.17) is 52.1 Å². The molecule has 560 valence electrons. The molecule has 4 saturated heterocycles. The van der Waals surface area contributed by atoms with Crippen molar-refractivity contribution >= 4 is 99.0 Å². The molecule has 3 aromatic heterocycles. The maximum Gasteiger partial charge on any atom is 0.338 e. The Labute approximate surface area is 633 Å². The van der Waals surface area contributed by atoms with Gasteiger partial charge in [-0.2, -0.15) is 0 Å². The molecule has 0 radical (unpaired) electrons. The number of halogens is 7. The summed E-state index contributed by atoms with van der Waals surface area (Å²) in [5.41, 5.74) is 2.75. The third kappa shape index (κ3) is 16.3. The Morgan fingerprint density at radius 3 is 1.77 bits per heavy atom. The SMILES string of the molecule is COC(=O)C1=C(CN2CCN3C(=O)N(c4ccnc(-c5ccc(C(=O)O)cc5F)c4)C[C@@H]3C2)NC(c2nccs2)=N[C@H]1c1ccc(F)cc1Cl.COCC(C)(C)NC(=O)c1ccc(Oc2cc(F)cc(C3C[C@@H]4CN(CC5=C(C(=O)OC)[C@H](c6ccc(F)cc6Cl)N=C(c6nccs6)N5)CCN4C3=O)c2)c(F)c1. The number of carbonyl (C=O) groups is 6. The summed E-state index contributed by atoms with van der Waals surface area (Å²) in [5.74, 6) is -6.56. The number of hydrogen-bond donors (Lipinski definition) is 4. The first-order valence-corrected chi connectivity index (χ1v) is 36.3. The number of pyridine rings is 1. The number of benzene rings is 5. The van der Waals surface area contributed by atoms with Gasteiger partial charge in [0.2, 0.25) is 5.91 Å². The zero-order valence-corrected chi connectivity index (χ0v) is 61.5. The molecule has 24 nitrogen and oxygen atoms in total. The second kappa shape index (κ2) is 32.1. The summed E-state index contributed by atoms with van der Waals surface area (Å²) in [4.78, 5) is 110. The summed E-state index contributed by atoms with van der Waals surface area (Å²) in [7, 11) is 4.05. The van der Waals surface area contributed by atoms with E-state index in [-0.39, 0.29) is 98.8 Å². The minimum atomic E-state index is -1.24. The quantitative estimate of drug-likeness (QED) is 0.0408. The van der Waals surface area contributed by atoms with Crippen LogP contribution in [0.15, 0.2) is 165 Å². The third-order valence-corrected chi connectivity index (χ3v) is 21.1. The van der Waals surface area contributed by atoms with Gasteiger partial charge in [-0.3, -0.25) is 39.3 Å². The lowest BCUT2D eigenvalue weighted by Crippen LogP contribution is -2.53. The van der Waals surface area contributed by atoms with Gasteiger partial charge in [0, 0.05) is 157 Å². The van der Waals surface area contributed by atoms with E-state index in [1.54, 1.807) is 63.8 Å². The van der Waals surface area contributed by atoms with Crippen molar-refractivity contribution in [3.63, 3.8) is 0 Å². The number of fused-ring (bicyclic) bond motifs is 2. The number of esters is 2. The van der Waals surface area contributed by atoms with Gasteiger partial charge in [-0.25, -0.2) is 51.1 Å². The van der Waals surface area contributed by atoms with Crippen LogP contribution in [-0.2, 0) is 28.6 Å². The van der Waals surface area contributed by atoms with Crippen LogP contribution in [0.1, 0.15) is 85.7 Å². The molecule has 6 aliphatic heterocycles. The van der Waals surface area contributed by atoms with Gasteiger partial charge < -0.3 is 49.8 Å². The number of carbonyl (C=O) groups excluding carboxylic acids is 5. The summed E-state index contributed by atoms with van der Waals surface area (Å²) in [6.07, 6.45) is 5.12. The number of amides is 4. The van der Waals surface area contributed by atoms with Crippen LogP contribution < -0.4 is 25.6 Å². The summed E-state index contributed by atoms with van der Waals surface area (Å²) in [6, 6.07) is 19.8. The van der Waals surface area contributed by atoms with Gasteiger partial charge in [0.1, 0.15) is 41.1 Å². The molecule has 108 heavy (non-hydrogen) atoms. The first-order chi connectivity index (χ1) is 51.8. The van der Waals surface area contributed by atoms with E-state index in [2.05, 4.69) is 40.7 Å². The van der Waals surface area contributed by atoms with Gasteiger partial charge in [-0.1, -0.05) is 35.3 Å². The van der Waals surface area contributed by atoms with E-state index >= 15 is 8.78 Å². The molecule has 0 saturated carbocycles. The van der Waals surface area contributed by atoms with Crippen molar-refractivity contribution in [1.29, 1.82) is 0 Å². The number of carboxylic acids is 1. The topological polar surface area (TPSA) is 275 Å². The van der Waals surface area contributed by atoms with E-state index < -0.39 is 76.4 Å². The summed E-state index contributed by atoms with van der Waals surface area (Å²) < 4.78 is 94.6. The average Bonchev–Trinajstić information content (AvgIpc) is 1.28. The molecule has 4 fully saturated rings. The maximum atomic E-state index is 15.2. The van der Waals surface area contributed by atoms with E-state index in [0.717, 1.165) is 24.3 Å². The molecule has 5 atom stereocenters. The highest BCUT2D eigenvalue weighted by Gasteiger charge is 2.46. The molecule has 1 unspecified atom stereocenters. The Balaban J connectivity index is 0.000000192. The Morgan fingerprint density at radius 1 is 0.639 bits per heavy atom. The number of ether oxygens (including phenoxy) is 4. The molecule has 9 heterocycles. The number of nitrogens with zero attached hydrogens (tertiary/aromatic N) is 10. The molecule has 0 spiro atoms. The van der Waals surface area contributed by atoms with Crippen molar-refractivity contribution in [3.8, 4) is 22.8 Å². The number of aromatic nitrogens is 3. The number of aromatic carboxylic acids is 1. The predicted octanol–water partition coefficient (Wildman–Crippen LogP) is 11.4. The van der Waals surface area contributed by atoms with Gasteiger partial charge >= 0.3 is 23.9 Å². The van der Waals surface area contributed by atoms with Crippen LogP contribution >= 0.6 is 45.9 Å². The standard InChI is InChI=1S/C41H40ClF3N6O6S.C34H28ClF2N7O5S/c1-41(2,21-55-3)49-37(52)22-5-8-33(31(45)15-22)57-27-14-23(13-25(44)16-27)29-18-26-19-50(10-11-51(26)39(29)53)20-32-34(40(54)56-4)35(28-7-6-24(43)17-30(28)42)48-36(47-32)38-46-9-12-58-38;1-49-33(47)28-27(40-30(31-39-8-11-50-31)41-29(28)22-5-3-19(36)13-24(22)35)17-42-9-10-43-21(15-42)16-44(34(43)48)20-6-7-38-26(14-20)23-4-2-18(32(45)46)12-25(23)37/h5-9,12-17,26,29,35H,10-11,18-21H2,1-4H3,(H,47,48)(H,49,52);2-8,11-14,21,29H,9-10,15-17H2,1H3,(H,40,41)(H,45,46)/t26-,29?,35+;21-,29-/m10/s1. The smallest absolute Gasteiger partial charge is 0.338 e. The molecule has 0 bridgehead atoms. The molecule has 4 amide bonds. The van der Waals surface area contributed by atoms with Crippen LogP contribution in [0.3, 0.4) is 0 Å². The normalized spacial score (nSPS) is 19.5. The number of urea groups is 1. The van der Waals surface area contributed by atoms with Gasteiger partial charge in [0.15, 0.2) is 33.3 Å². The van der Waals surface area contributed by atoms with Crippen LogP contribution in [0.5, 0.6) is 11.5 Å². The highest BCUT2D eigenvalue weighted by Crippen LogP contribution is 2.42. The number of nitrogens with one attached hydrogen (secondary N) is 3. The summed E-state index contributed by atoms with van der Waals surface area (Å²) in [6.45, 7) is 7.27. The fraction of sp³-hybridized carbons (Fsp3) is 0.293. The van der Waals surface area contributed by atoms with Gasteiger partial charge in [0.25, 0.3) is 5.91 Å². The molecular formula is C75H68Cl2F5N13O11S2. The van der Waals surface area contributed by atoms with E-state index in [9.17, 15) is 47.0 Å². The number of piperazine rings is 2. The van der Waals surface area contributed by atoms with Gasteiger partial charge in [0.05, 0.1) is 60.7 Å². The molecule has 5 aromatic carbocycles. The van der Waals surface area contributed by atoms with Crippen LogP contribution in [0.2, 0.25) is 10.0 Å². The number of aliphatic imine (C=N–C) groups is 2. The fourth-order valence-corrected chi connectivity index (χ4v) is 15.7. The second-order valence-corrected chi connectivity index (χ2v) is 29.2. The van der Waals surface area contributed by atoms with Crippen molar-refractivity contribution in [2.45, 2.75) is 55.9 Å². The van der Waals surface area contributed by atoms with Crippen LogP contribution in [0.4, 0.5) is 32.4 Å². The molecule has 33 heteroatoms. The van der Waals surface area contributed by atoms with E-state index in [1.807, 2.05) is 0 Å². The molecule has 8 aromatic rings. The minimum Gasteiger partial charge on any atom is -0.478 e. The highest BCUT2D eigenvalue weighted by atomic mass is 35.5. The number of rotatable bonds is 20. The molecule has 4 N–H and O–H groups in total.